The maximum Gasteiger partial charge on any atom is 0.272 e. The first-order valence-electron chi connectivity index (χ1n) is 11.3. The average molecular weight is 539 g/mol. The Morgan fingerprint density at radius 3 is 2.49 bits per heavy atom. The molecule has 0 bridgehead atoms. The van der Waals surface area contributed by atoms with Gasteiger partial charge in [0.2, 0.25) is 5.91 Å². The Bertz CT molecular complexity index is 1480. The van der Waals surface area contributed by atoms with E-state index in [0.29, 0.717) is 39.8 Å². The van der Waals surface area contributed by atoms with Gasteiger partial charge in [-0.3, -0.25) is 14.2 Å². The van der Waals surface area contributed by atoms with Crippen LogP contribution in [0, 0.1) is 0 Å². The lowest BCUT2D eigenvalue weighted by Gasteiger charge is -2.13. The van der Waals surface area contributed by atoms with Crippen LogP contribution in [-0.4, -0.2) is 47.9 Å². The van der Waals surface area contributed by atoms with Crippen molar-refractivity contribution >= 4 is 45.2 Å². The third-order valence-corrected chi connectivity index (χ3v) is 7.45. The molecule has 4 rings (SSSR count). The Morgan fingerprint density at radius 2 is 1.78 bits per heavy atom. The van der Waals surface area contributed by atoms with Crippen LogP contribution in [-0.2, 0) is 17.8 Å². The van der Waals surface area contributed by atoms with Gasteiger partial charge < -0.3 is 24.7 Å². The van der Waals surface area contributed by atoms with Gasteiger partial charge in [0, 0.05) is 6.54 Å². The predicted molar refractivity (Wildman–Crippen MR) is 141 cm³/mol. The van der Waals surface area contributed by atoms with E-state index in [9.17, 15) is 19.5 Å². The Kier molecular flexibility index (Phi) is 8.47. The van der Waals surface area contributed by atoms with Crippen LogP contribution >= 0.6 is 23.1 Å². The van der Waals surface area contributed by atoms with Crippen molar-refractivity contribution in [3.63, 3.8) is 0 Å². The van der Waals surface area contributed by atoms with Crippen LogP contribution in [0.2, 0.25) is 0 Å². The Hall–Kier alpha value is -3.83. The number of methoxy groups -OCH3 is 2. The highest BCUT2D eigenvalue weighted by atomic mass is 32.2. The van der Waals surface area contributed by atoms with Crippen LogP contribution in [0.4, 0.5) is 0 Å². The molecule has 9 nitrogen and oxygen atoms in total. The van der Waals surface area contributed by atoms with Crippen molar-refractivity contribution in [2.75, 3.05) is 26.5 Å². The first kappa shape index (κ1) is 26.2. The molecule has 4 aromatic rings. The minimum atomic E-state index is -1.27. The van der Waals surface area contributed by atoms with E-state index in [4.69, 9.17) is 9.47 Å². The molecule has 0 aliphatic carbocycles. The number of aromatic carboxylic acids is 1. The maximum absolute atomic E-state index is 13.2. The highest BCUT2D eigenvalue weighted by Gasteiger charge is 2.15. The van der Waals surface area contributed by atoms with Crippen molar-refractivity contribution < 1.29 is 24.2 Å². The molecule has 0 fully saturated rings. The van der Waals surface area contributed by atoms with Crippen molar-refractivity contribution in [1.82, 2.24) is 14.9 Å². The molecule has 2 aromatic carbocycles. The molecule has 2 heterocycles. The van der Waals surface area contributed by atoms with E-state index in [1.165, 1.54) is 39.8 Å². The van der Waals surface area contributed by atoms with E-state index in [1.54, 1.807) is 37.8 Å². The van der Waals surface area contributed by atoms with E-state index in [1.807, 2.05) is 18.2 Å². The number of carboxylic acid groups (broad SMARTS) is 1. The summed E-state index contributed by atoms with van der Waals surface area (Å²) in [5, 5.41) is 16.1. The molecule has 11 heteroatoms. The van der Waals surface area contributed by atoms with Gasteiger partial charge in [-0.15, -0.1) is 11.3 Å². The fourth-order valence-electron chi connectivity index (χ4n) is 3.67. The van der Waals surface area contributed by atoms with E-state index in [-0.39, 0.29) is 29.3 Å². The van der Waals surface area contributed by atoms with Gasteiger partial charge in [-0.2, -0.15) is 0 Å². The number of carboxylic acids is 1. The van der Waals surface area contributed by atoms with E-state index in [2.05, 4.69) is 10.3 Å². The van der Waals surface area contributed by atoms with Crippen molar-refractivity contribution in [3.8, 4) is 11.5 Å². The summed E-state index contributed by atoms with van der Waals surface area (Å²) < 4.78 is 12.6. The fraction of sp³-hybridized carbons (Fsp3) is 0.231. The van der Waals surface area contributed by atoms with Gasteiger partial charge in [0.05, 0.1) is 38.0 Å². The molecular formula is C26H24N3O6S2-. The summed E-state index contributed by atoms with van der Waals surface area (Å²) in [6.45, 7) is 0.625. The number of hydrogen-bond donors (Lipinski definition) is 1. The molecule has 1 N–H and O–H groups in total. The predicted octanol–water partition coefficient (Wildman–Crippen LogP) is 2.34. The average Bonchev–Trinajstić information content (AvgIpc) is 3.38. The molecule has 2 aromatic heterocycles. The van der Waals surface area contributed by atoms with Crippen LogP contribution in [0.5, 0.6) is 11.5 Å². The molecular weight excluding hydrogens is 514 g/mol. The number of hydrogen-bond acceptors (Lipinski definition) is 9. The summed E-state index contributed by atoms with van der Waals surface area (Å²) in [5.74, 6) is -0.0991. The molecule has 0 atom stereocenters. The number of amides is 1. The largest absolute Gasteiger partial charge is 0.545 e. The standard InChI is InChI=1S/C26H25N3O6S2/c1-34-20-8-5-16(13-21(20)35-2)9-11-27-22(30)15-37-26-28-19-10-12-36-23(19)24(31)29(26)14-17-3-6-18(7-4-17)25(32)33/h3-8,10,12-13H,9,11,14-15H2,1-2H3,(H,27,30)(H,32,33)/p-1. The number of carbonyl (C=O) groups is 2. The SMILES string of the molecule is COc1ccc(CCNC(=O)CSc2nc3ccsc3c(=O)n2Cc2ccc(C(=O)[O-])cc2)cc1OC. The van der Waals surface area contributed by atoms with Crippen LogP contribution in [0.15, 0.2) is 63.9 Å². The van der Waals surface area contributed by atoms with Crippen molar-refractivity contribution in [1.29, 1.82) is 0 Å². The molecule has 0 unspecified atom stereocenters. The molecule has 192 valence electrons. The first-order valence-corrected chi connectivity index (χ1v) is 13.1. The van der Waals surface area contributed by atoms with E-state index in [0.717, 1.165) is 11.1 Å². The van der Waals surface area contributed by atoms with Gasteiger partial charge in [-0.1, -0.05) is 42.1 Å². The van der Waals surface area contributed by atoms with Crippen LogP contribution < -0.4 is 25.5 Å². The number of benzene rings is 2. The van der Waals surface area contributed by atoms with Gasteiger partial charge in [0.1, 0.15) is 4.70 Å². The number of nitrogens with zero attached hydrogens (tertiary/aromatic N) is 2. The maximum atomic E-state index is 13.2. The first-order chi connectivity index (χ1) is 17.9. The topological polar surface area (TPSA) is 123 Å². The zero-order chi connectivity index (χ0) is 26.4. The van der Waals surface area contributed by atoms with Gasteiger partial charge in [-0.05, 0) is 46.7 Å². The minimum Gasteiger partial charge on any atom is -0.545 e. The minimum absolute atomic E-state index is 0.0577. The number of nitrogens with one attached hydrogen (secondary N) is 1. The van der Waals surface area contributed by atoms with Gasteiger partial charge >= 0.3 is 0 Å². The van der Waals surface area contributed by atoms with Gasteiger partial charge in [0.25, 0.3) is 5.56 Å². The lowest BCUT2D eigenvalue weighted by molar-refractivity contribution is -0.255. The van der Waals surface area contributed by atoms with E-state index < -0.39 is 5.97 Å². The zero-order valence-corrected chi connectivity index (χ0v) is 21.8. The highest BCUT2D eigenvalue weighted by Crippen LogP contribution is 2.27. The van der Waals surface area contributed by atoms with Crippen LogP contribution in [0.25, 0.3) is 10.2 Å². The lowest BCUT2D eigenvalue weighted by Crippen LogP contribution is -2.28. The zero-order valence-electron chi connectivity index (χ0n) is 20.2. The molecule has 37 heavy (non-hydrogen) atoms. The smallest absolute Gasteiger partial charge is 0.272 e. The highest BCUT2D eigenvalue weighted by molar-refractivity contribution is 7.99. The van der Waals surface area contributed by atoms with E-state index >= 15 is 0 Å². The van der Waals surface area contributed by atoms with Crippen LogP contribution in [0.1, 0.15) is 21.5 Å². The Labute approximate surface area is 221 Å². The Morgan fingerprint density at radius 1 is 1.05 bits per heavy atom. The number of thioether (sulfide) groups is 1. The second-order valence-electron chi connectivity index (χ2n) is 7.98. The quantitative estimate of drug-likeness (QED) is 0.228. The number of ether oxygens (including phenoxy) is 2. The molecule has 0 spiro atoms. The number of rotatable bonds is 11. The molecule has 1 amide bonds. The molecule has 0 aliphatic heterocycles. The van der Waals surface area contributed by atoms with Crippen molar-refractivity contribution in [2.24, 2.45) is 0 Å². The second kappa shape index (κ2) is 11.9. The van der Waals surface area contributed by atoms with Gasteiger partial charge in [0.15, 0.2) is 16.7 Å². The summed E-state index contributed by atoms with van der Waals surface area (Å²) in [4.78, 5) is 41.3. The lowest BCUT2D eigenvalue weighted by atomic mass is 10.1. The fourth-order valence-corrected chi connectivity index (χ4v) is 5.27. The number of carbonyl (C=O) groups excluding carboxylic acids is 2. The monoisotopic (exact) mass is 538 g/mol. The summed E-state index contributed by atoms with van der Waals surface area (Å²) >= 11 is 2.48. The third kappa shape index (κ3) is 6.30. The molecule has 0 aliphatic rings. The van der Waals surface area contributed by atoms with Crippen molar-refractivity contribution in [3.05, 3.63) is 81.0 Å². The van der Waals surface area contributed by atoms with Crippen LogP contribution in [0.3, 0.4) is 0 Å². The second-order valence-corrected chi connectivity index (χ2v) is 9.84. The Balaban J connectivity index is 1.42. The third-order valence-electron chi connectivity index (χ3n) is 5.58. The van der Waals surface area contributed by atoms with Gasteiger partial charge in [-0.25, -0.2) is 4.98 Å². The molecule has 0 saturated heterocycles. The summed E-state index contributed by atoms with van der Waals surface area (Å²) in [6, 6.07) is 13.5. The molecule has 0 saturated carbocycles. The normalized spacial score (nSPS) is 10.9. The van der Waals surface area contributed by atoms with Crippen molar-refractivity contribution in [2.45, 2.75) is 18.1 Å². The summed E-state index contributed by atoms with van der Waals surface area (Å²) in [7, 11) is 3.15. The molecule has 0 radical (unpaired) electrons. The number of fused-ring (bicyclic) bond motifs is 1. The summed E-state index contributed by atoms with van der Waals surface area (Å²) in [5.41, 5.74) is 2.15. The number of aromatic nitrogens is 2. The number of thiophene rings is 1. The summed E-state index contributed by atoms with van der Waals surface area (Å²) in [6.07, 6.45) is 0.614.